The van der Waals surface area contributed by atoms with Crippen molar-refractivity contribution in [1.82, 2.24) is 15.0 Å². The first-order valence-electron chi connectivity index (χ1n) is 18.7. The van der Waals surface area contributed by atoms with Gasteiger partial charge >= 0.3 is 0 Å². The molecule has 0 fully saturated rings. The number of hydrogen-bond acceptors (Lipinski definition) is 5. The summed E-state index contributed by atoms with van der Waals surface area (Å²) in [7, 11) is 0. The van der Waals surface area contributed by atoms with Crippen molar-refractivity contribution in [1.29, 1.82) is 0 Å². The lowest BCUT2D eigenvalue weighted by atomic mass is 9.92. The molecule has 0 saturated carbocycles. The summed E-state index contributed by atoms with van der Waals surface area (Å²) in [5, 5.41) is 4.37. The fourth-order valence-electron chi connectivity index (χ4n) is 7.96. The molecule has 56 heavy (non-hydrogen) atoms. The lowest BCUT2D eigenvalue weighted by molar-refractivity contribution is 0.668. The molecule has 0 amide bonds. The average Bonchev–Trinajstić information content (AvgIpc) is 3.86. The van der Waals surface area contributed by atoms with Crippen molar-refractivity contribution < 1.29 is 8.83 Å². The van der Waals surface area contributed by atoms with Gasteiger partial charge in [0.25, 0.3) is 0 Å². The van der Waals surface area contributed by atoms with Crippen LogP contribution in [0.1, 0.15) is 0 Å². The zero-order valence-electron chi connectivity index (χ0n) is 30.1. The van der Waals surface area contributed by atoms with E-state index in [2.05, 4.69) is 120 Å². The van der Waals surface area contributed by atoms with E-state index in [4.69, 9.17) is 18.8 Å². The number of furan rings is 2. The molecule has 0 aliphatic rings. The predicted octanol–water partition coefficient (Wildman–Crippen LogP) is 13.7. The Balaban J connectivity index is 1.04. The van der Waals surface area contributed by atoms with Crippen LogP contribution in [0.4, 0.5) is 0 Å². The van der Waals surface area contributed by atoms with Gasteiger partial charge in [0.1, 0.15) is 22.3 Å². The van der Waals surface area contributed by atoms with Crippen LogP contribution in [0.3, 0.4) is 0 Å². The molecule has 0 bridgehead atoms. The third kappa shape index (κ3) is 5.37. The number of pyridine rings is 1. The lowest BCUT2D eigenvalue weighted by Crippen LogP contribution is -1.96. The lowest BCUT2D eigenvalue weighted by Gasteiger charge is -2.12. The summed E-state index contributed by atoms with van der Waals surface area (Å²) >= 11 is 0. The maximum Gasteiger partial charge on any atom is 0.160 e. The molecule has 262 valence electrons. The standard InChI is InChI=1S/C51H31N3O2/c1-2-10-35(11-3-1)51-53-43(31-44(54-51)37-13-8-12-36(30-37)32-26-28-52-29-27-32)34-22-20-33(21-23-34)38-24-25-40(49-42-15-5-7-18-46(42)56-50(38)49)39-16-9-19-47-48(39)41-14-4-6-17-45(41)55-47/h1-31H. The topological polar surface area (TPSA) is 65.0 Å². The number of para-hydroxylation sites is 2. The molecule has 0 aliphatic carbocycles. The molecule has 0 aliphatic heterocycles. The minimum absolute atomic E-state index is 0.677. The largest absolute Gasteiger partial charge is 0.456 e. The van der Waals surface area contributed by atoms with Crippen molar-refractivity contribution in [3.8, 4) is 67.3 Å². The number of hydrogen-bond donors (Lipinski definition) is 0. The number of aromatic nitrogens is 3. The van der Waals surface area contributed by atoms with Gasteiger partial charge in [0.05, 0.1) is 11.4 Å². The van der Waals surface area contributed by atoms with Gasteiger partial charge in [-0.3, -0.25) is 4.98 Å². The van der Waals surface area contributed by atoms with E-state index in [1.807, 2.05) is 73.1 Å². The molecular weight excluding hydrogens is 687 g/mol. The van der Waals surface area contributed by atoms with Crippen molar-refractivity contribution in [3.63, 3.8) is 0 Å². The van der Waals surface area contributed by atoms with E-state index >= 15 is 0 Å². The van der Waals surface area contributed by atoms with Gasteiger partial charge in [-0.15, -0.1) is 0 Å². The number of fused-ring (bicyclic) bond motifs is 6. The zero-order chi connectivity index (χ0) is 37.0. The van der Waals surface area contributed by atoms with Gasteiger partial charge in [-0.1, -0.05) is 127 Å². The first-order valence-corrected chi connectivity index (χ1v) is 18.7. The van der Waals surface area contributed by atoms with Crippen molar-refractivity contribution in [2.24, 2.45) is 0 Å². The molecule has 5 nitrogen and oxygen atoms in total. The molecule has 0 atom stereocenters. The van der Waals surface area contributed by atoms with Gasteiger partial charge in [-0.05, 0) is 76.3 Å². The zero-order valence-corrected chi connectivity index (χ0v) is 30.1. The van der Waals surface area contributed by atoms with Crippen LogP contribution in [0.15, 0.2) is 197 Å². The van der Waals surface area contributed by atoms with Gasteiger partial charge in [0.2, 0.25) is 0 Å². The second-order valence-corrected chi connectivity index (χ2v) is 14.0. The van der Waals surface area contributed by atoms with Gasteiger partial charge in [-0.2, -0.15) is 0 Å². The molecule has 11 rings (SSSR count). The summed E-state index contributed by atoms with van der Waals surface area (Å²) in [5.74, 6) is 0.677. The molecule has 5 heteroatoms. The van der Waals surface area contributed by atoms with Crippen LogP contribution < -0.4 is 0 Å². The van der Waals surface area contributed by atoms with Gasteiger partial charge in [-0.25, -0.2) is 9.97 Å². The number of nitrogens with zero attached hydrogens (tertiary/aromatic N) is 3. The van der Waals surface area contributed by atoms with Gasteiger partial charge in [0, 0.05) is 56.2 Å². The Bertz CT molecular complexity index is 3240. The summed E-state index contributed by atoms with van der Waals surface area (Å²) in [6.07, 6.45) is 3.64. The predicted molar refractivity (Wildman–Crippen MR) is 227 cm³/mol. The Kier molecular flexibility index (Phi) is 7.42. The minimum atomic E-state index is 0.677. The first-order chi connectivity index (χ1) is 27.7. The summed E-state index contributed by atoms with van der Waals surface area (Å²) in [6, 6.07) is 60.6. The SMILES string of the molecule is c1ccc(-c2nc(-c3ccc(-c4ccc(-c5cccc6oc7ccccc7c56)c5c4oc4ccccc45)cc3)cc(-c3cccc(-c4ccncc4)c3)n2)cc1. The highest BCUT2D eigenvalue weighted by Gasteiger charge is 2.20. The van der Waals surface area contributed by atoms with Crippen LogP contribution in [0.25, 0.3) is 111 Å². The van der Waals surface area contributed by atoms with Crippen LogP contribution in [0.5, 0.6) is 0 Å². The smallest absolute Gasteiger partial charge is 0.160 e. The second kappa shape index (κ2) is 13.0. The summed E-state index contributed by atoms with van der Waals surface area (Å²) in [6.45, 7) is 0. The normalized spacial score (nSPS) is 11.6. The maximum atomic E-state index is 6.72. The number of rotatable bonds is 6. The molecule has 0 radical (unpaired) electrons. The fourth-order valence-corrected chi connectivity index (χ4v) is 7.96. The average molecular weight is 718 g/mol. The highest BCUT2D eigenvalue weighted by Crippen LogP contribution is 2.45. The van der Waals surface area contributed by atoms with Gasteiger partial charge in [0.15, 0.2) is 5.82 Å². The molecule has 4 aromatic heterocycles. The van der Waals surface area contributed by atoms with E-state index < -0.39 is 0 Å². The molecule has 0 spiro atoms. The first kappa shape index (κ1) is 31.9. The monoisotopic (exact) mass is 717 g/mol. The van der Waals surface area contributed by atoms with Crippen LogP contribution in [-0.2, 0) is 0 Å². The third-order valence-corrected chi connectivity index (χ3v) is 10.6. The van der Waals surface area contributed by atoms with Crippen molar-refractivity contribution in [2.75, 3.05) is 0 Å². The Hall–Kier alpha value is -7.63. The molecular formula is C51H31N3O2. The second-order valence-electron chi connectivity index (χ2n) is 14.0. The molecule has 7 aromatic carbocycles. The fraction of sp³-hybridized carbons (Fsp3) is 0. The summed E-state index contributed by atoms with van der Waals surface area (Å²) < 4.78 is 13.0. The Labute approximate surface area is 322 Å². The summed E-state index contributed by atoms with van der Waals surface area (Å²) in [5.41, 5.74) is 14.6. The minimum Gasteiger partial charge on any atom is -0.456 e. The van der Waals surface area contributed by atoms with E-state index in [1.165, 1.54) is 0 Å². The maximum absolute atomic E-state index is 6.72. The Morgan fingerprint density at radius 3 is 1.73 bits per heavy atom. The third-order valence-electron chi connectivity index (χ3n) is 10.6. The van der Waals surface area contributed by atoms with E-state index in [0.29, 0.717) is 5.82 Å². The van der Waals surface area contributed by atoms with E-state index in [1.54, 1.807) is 0 Å². The molecule has 4 heterocycles. The summed E-state index contributed by atoms with van der Waals surface area (Å²) in [4.78, 5) is 14.4. The molecule has 11 aromatic rings. The highest BCUT2D eigenvalue weighted by molar-refractivity contribution is 6.21. The van der Waals surface area contributed by atoms with E-state index in [-0.39, 0.29) is 0 Å². The van der Waals surface area contributed by atoms with Crippen LogP contribution in [-0.4, -0.2) is 15.0 Å². The van der Waals surface area contributed by atoms with Crippen LogP contribution >= 0.6 is 0 Å². The Morgan fingerprint density at radius 1 is 0.339 bits per heavy atom. The van der Waals surface area contributed by atoms with E-state index in [0.717, 1.165) is 105 Å². The van der Waals surface area contributed by atoms with Gasteiger partial charge < -0.3 is 8.83 Å². The Morgan fingerprint density at radius 2 is 0.929 bits per heavy atom. The molecule has 0 N–H and O–H groups in total. The molecule has 0 unspecified atom stereocenters. The van der Waals surface area contributed by atoms with Crippen molar-refractivity contribution >= 4 is 43.9 Å². The molecule has 0 saturated heterocycles. The van der Waals surface area contributed by atoms with Crippen LogP contribution in [0.2, 0.25) is 0 Å². The van der Waals surface area contributed by atoms with E-state index in [9.17, 15) is 0 Å². The highest BCUT2D eigenvalue weighted by atomic mass is 16.3. The van der Waals surface area contributed by atoms with Crippen molar-refractivity contribution in [3.05, 3.63) is 188 Å². The quantitative estimate of drug-likeness (QED) is 0.171. The van der Waals surface area contributed by atoms with Crippen LogP contribution in [0, 0.1) is 0 Å². The van der Waals surface area contributed by atoms with Crippen molar-refractivity contribution in [2.45, 2.75) is 0 Å². The number of benzene rings is 7.